The van der Waals surface area contributed by atoms with Gasteiger partial charge in [0.25, 0.3) is 0 Å². The molecule has 128 valence electrons. The van der Waals surface area contributed by atoms with Gasteiger partial charge in [-0.2, -0.15) is 0 Å². The Hall–Kier alpha value is -1.77. The van der Waals surface area contributed by atoms with Crippen molar-refractivity contribution in [2.24, 2.45) is 0 Å². The maximum absolute atomic E-state index is 13.0. The molecular weight excluding hydrogens is 399 g/mol. The summed E-state index contributed by atoms with van der Waals surface area (Å²) in [5, 5.41) is 2.63. The van der Waals surface area contributed by atoms with E-state index in [-0.39, 0.29) is 29.6 Å². The molecule has 2 aromatic carbocycles. The van der Waals surface area contributed by atoms with Crippen molar-refractivity contribution in [2.45, 2.75) is 18.2 Å². The van der Waals surface area contributed by atoms with E-state index in [9.17, 15) is 17.6 Å². The lowest BCUT2D eigenvalue weighted by Gasteiger charge is -2.10. The highest BCUT2D eigenvalue weighted by molar-refractivity contribution is 9.10. The van der Waals surface area contributed by atoms with E-state index in [1.807, 2.05) is 0 Å². The van der Waals surface area contributed by atoms with Crippen LogP contribution in [-0.4, -0.2) is 20.9 Å². The molecule has 0 fully saturated rings. The molecule has 2 N–H and O–H groups in total. The van der Waals surface area contributed by atoms with Crippen LogP contribution >= 0.6 is 15.9 Å². The molecule has 0 unspecified atom stereocenters. The fourth-order valence-corrected chi connectivity index (χ4v) is 4.05. The van der Waals surface area contributed by atoms with Gasteiger partial charge in [0.2, 0.25) is 15.9 Å². The van der Waals surface area contributed by atoms with Crippen molar-refractivity contribution >= 4 is 37.5 Å². The number of carbonyl (C=O) groups excluding carboxylic acids is 1. The van der Waals surface area contributed by atoms with Gasteiger partial charge >= 0.3 is 0 Å². The van der Waals surface area contributed by atoms with Gasteiger partial charge in [-0.15, -0.1) is 0 Å². The van der Waals surface area contributed by atoms with E-state index in [2.05, 4.69) is 26.0 Å². The van der Waals surface area contributed by atoms with Crippen molar-refractivity contribution in [1.82, 2.24) is 4.72 Å². The Bertz CT molecular complexity index is 856. The van der Waals surface area contributed by atoms with Crippen molar-refractivity contribution in [1.29, 1.82) is 0 Å². The lowest BCUT2D eigenvalue weighted by atomic mass is 10.2. The Kier molecular flexibility index (Phi) is 6.09. The van der Waals surface area contributed by atoms with Gasteiger partial charge in [-0.1, -0.05) is 12.1 Å². The highest BCUT2D eigenvalue weighted by Gasteiger charge is 2.17. The zero-order valence-electron chi connectivity index (χ0n) is 12.8. The van der Waals surface area contributed by atoms with Crippen LogP contribution in [0.15, 0.2) is 51.8 Å². The molecule has 0 saturated heterocycles. The summed E-state index contributed by atoms with van der Waals surface area (Å²) in [4.78, 5) is 12.0. The lowest BCUT2D eigenvalue weighted by Crippen LogP contribution is -2.28. The number of benzene rings is 2. The van der Waals surface area contributed by atoms with Gasteiger partial charge in [-0.05, 0) is 58.7 Å². The number of amides is 1. The number of carbonyl (C=O) groups is 1. The highest BCUT2D eigenvalue weighted by Crippen LogP contribution is 2.20. The van der Waals surface area contributed by atoms with Gasteiger partial charge in [0.1, 0.15) is 5.82 Å². The van der Waals surface area contributed by atoms with Crippen LogP contribution in [-0.2, 0) is 14.8 Å². The van der Waals surface area contributed by atoms with Crippen LogP contribution in [0.2, 0.25) is 0 Å². The molecule has 24 heavy (non-hydrogen) atoms. The molecule has 8 heteroatoms. The van der Waals surface area contributed by atoms with E-state index < -0.39 is 10.0 Å². The van der Waals surface area contributed by atoms with Crippen molar-refractivity contribution < 1.29 is 17.6 Å². The minimum atomic E-state index is -3.70. The Morgan fingerprint density at radius 1 is 1.21 bits per heavy atom. The van der Waals surface area contributed by atoms with Crippen LogP contribution in [0.4, 0.5) is 10.1 Å². The van der Waals surface area contributed by atoms with Gasteiger partial charge in [0.15, 0.2) is 0 Å². The van der Waals surface area contributed by atoms with Crippen LogP contribution in [0.5, 0.6) is 0 Å². The second-order valence-corrected chi connectivity index (χ2v) is 7.68. The summed E-state index contributed by atoms with van der Waals surface area (Å²) in [6.45, 7) is 1.63. The number of rotatable bonds is 6. The van der Waals surface area contributed by atoms with Crippen LogP contribution in [0, 0.1) is 12.7 Å². The predicted molar refractivity (Wildman–Crippen MR) is 93.7 cm³/mol. The van der Waals surface area contributed by atoms with E-state index >= 15 is 0 Å². The number of nitrogens with one attached hydrogen (secondary N) is 2. The molecule has 0 atom stereocenters. The number of anilines is 1. The quantitative estimate of drug-likeness (QED) is 0.761. The molecule has 0 bridgehead atoms. The van der Waals surface area contributed by atoms with E-state index in [0.717, 1.165) is 0 Å². The first-order valence-electron chi connectivity index (χ1n) is 7.10. The third kappa shape index (κ3) is 4.86. The molecular formula is C16H16BrFN2O3S. The number of hydrogen-bond donors (Lipinski definition) is 2. The molecule has 0 spiro atoms. The van der Waals surface area contributed by atoms with Gasteiger partial charge in [0, 0.05) is 23.1 Å². The second kappa shape index (κ2) is 7.87. The number of halogens is 2. The summed E-state index contributed by atoms with van der Waals surface area (Å²) in [6.07, 6.45) is -0.0412. The molecule has 2 aromatic rings. The molecule has 0 saturated carbocycles. The maximum Gasteiger partial charge on any atom is 0.241 e. The molecule has 0 radical (unpaired) electrons. The SMILES string of the molecule is Cc1cc(F)ccc1NC(=O)CCNS(=O)(=O)c1ccccc1Br. The average molecular weight is 415 g/mol. The van der Waals surface area contributed by atoms with Crippen molar-refractivity contribution in [3.05, 3.63) is 58.3 Å². The summed E-state index contributed by atoms with van der Waals surface area (Å²) in [5.41, 5.74) is 1.09. The molecule has 5 nitrogen and oxygen atoms in total. The Morgan fingerprint density at radius 2 is 1.92 bits per heavy atom. The summed E-state index contributed by atoms with van der Waals surface area (Å²) < 4.78 is 40.2. The van der Waals surface area contributed by atoms with Crippen LogP contribution in [0.3, 0.4) is 0 Å². The van der Waals surface area contributed by atoms with Gasteiger partial charge < -0.3 is 5.32 Å². The van der Waals surface area contributed by atoms with Crippen LogP contribution in [0.1, 0.15) is 12.0 Å². The monoisotopic (exact) mass is 414 g/mol. The number of hydrogen-bond acceptors (Lipinski definition) is 3. The van der Waals surface area contributed by atoms with E-state index in [1.165, 1.54) is 24.3 Å². The molecule has 0 aliphatic carbocycles. The largest absolute Gasteiger partial charge is 0.326 e. The number of aryl methyl sites for hydroxylation is 1. The average Bonchev–Trinajstić information content (AvgIpc) is 2.50. The van der Waals surface area contributed by atoms with Crippen LogP contribution < -0.4 is 10.0 Å². The Labute approximate surface area is 148 Å². The minimum Gasteiger partial charge on any atom is -0.326 e. The third-order valence-corrected chi connectivity index (χ3v) is 5.71. The normalized spacial score (nSPS) is 11.3. The molecule has 2 rings (SSSR count). The third-order valence-electron chi connectivity index (χ3n) is 3.23. The zero-order valence-corrected chi connectivity index (χ0v) is 15.2. The van der Waals surface area contributed by atoms with Crippen molar-refractivity contribution in [2.75, 3.05) is 11.9 Å². The van der Waals surface area contributed by atoms with Crippen molar-refractivity contribution in [3.63, 3.8) is 0 Å². The summed E-state index contributed by atoms with van der Waals surface area (Å²) >= 11 is 3.18. The van der Waals surface area contributed by atoms with Gasteiger partial charge in [-0.3, -0.25) is 4.79 Å². The molecule has 0 heterocycles. The van der Waals surface area contributed by atoms with Crippen molar-refractivity contribution in [3.8, 4) is 0 Å². The molecule has 0 aliphatic rings. The Morgan fingerprint density at radius 3 is 2.58 bits per heavy atom. The van der Waals surface area contributed by atoms with E-state index in [0.29, 0.717) is 15.7 Å². The predicted octanol–water partition coefficient (Wildman–Crippen LogP) is 3.20. The summed E-state index contributed by atoms with van der Waals surface area (Å²) in [7, 11) is -3.70. The smallest absolute Gasteiger partial charge is 0.241 e. The first kappa shape index (κ1) is 18.6. The maximum atomic E-state index is 13.0. The topological polar surface area (TPSA) is 75.3 Å². The minimum absolute atomic E-state index is 0.0412. The fourth-order valence-electron chi connectivity index (χ4n) is 2.02. The highest BCUT2D eigenvalue weighted by atomic mass is 79.9. The first-order chi connectivity index (χ1) is 11.3. The number of sulfonamides is 1. The summed E-state index contributed by atoms with van der Waals surface area (Å²) in [6, 6.07) is 10.4. The Balaban J connectivity index is 1.92. The van der Waals surface area contributed by atoms with Gasteiger partial charge in [0.05, 0.1) is 4.90 Å². The standard InChI is InChI=1S/C16H16BrFN2O3S/c1-11-10-12(18)6-7-14(11)20-16(21)8-9-19-24(22,23)15-5-3-2-4-13(15)17/h2-7,10,19H,8-9H2,1H3,(H,20,21). The molecule has 0 aliphatic heterocycles. The first-order valence-corrected chi connectivity index (χ1v) is 9.37. The van der Waals surface area contributed by atoms with E-state index in [1.54, 1.807) is 25.1 Å². The van der Waals surface area contributed by atoms with Crippen LogP contribution in [0.25, 0.3) is 0 Å². The second-order valence-electron chi connectivity index (χ2n) is 5.09. The van der Waals surface area contributed by atoms with Gasteiger partial charge in [-0.25, -0.2) is 17.5 Å². The lowest BCUT2D eigenvalue weighted by molar-refractivity contribution is -0.116. The zero-order chi connectivity index (χ0) is 17.7. The fraction of sp³-hybridized carbons (Fsp3) is 0.188. The summed E-state index contributed by atoms with van der Waals surface area (Å²) in [5.74, 6) is -0.744. The molecule has 1 amide bonds. The molecule has 0 aromatic heterocycles. The van der Waals surface area contributed by atoms with E-state index in [4.69, 9.17) is 0 Å².